The van der Waals surface area contributed by atoms with Crippen LogP contribution in [0.5, 0.6) is 0 Å². The molecule has 2 aliphatic carbocycles. The number of nitrogens with zero attached hydrogens (tertiary/aromatic N) is 4. The summed E-state index contributed by atoms with van der Waals surface area (Å²) in [5.74, 6) is 2.42. The lowest BCUT2D eigenvalue weighted by molar-refractivity contribution is 0.883. The van der Waals surface area contributed by atoms with E-state index in [1.54, 1.807) is 6.33 Å². The van der Waals surface area contributed by atoms with Crippen LogP contribution in [0.25, 0.3) is 27.7 Å². The third kappa shape index (κ3) is 2.83. The SMILES string of the molecule is c1nc(NCC2CC2)c2cc(-c3ccc4nc(C5CC5)cn4c3)ccc2n1. The van der Waals surface area contributed by atoms with E-state index < -0.39 is 0 Å². The lowest BCUT2D eigenvalue weighted by Gasteiger charge is -2.09. The standard InChI is InChI=1S/C22H21N5/c1-2-14(1)10-23-22-18-9-16(5-7-19(18)24-13-25-22)17-6-8-21-26-20(15-3-4-15)12-27(21)11-17/h5-9,11-15H,1-4,10H2,(H,23,24,25). The molecule has 0 unspecified atom stereocenters. The van der Waals surface area contributed by atoms with E-state index in [0.717, 1.165) is 34.8 Å². The first-order valence-electron chi connectivity index (χ1n) is 9.81. The van der Waals surface area contributed by atoms with Crippen LogP contribution in [0.2, 0.25) is 0 Å². The number of aromatic nitrogens is 4. The van der Waals surface area contributed by atoms with Crippen molar-refractivity contribution in [3.63, 3.8) is 0 Å². The lowest BCUT2D eigenvalue weighted by Crippen LogP contribution is -2.05. The Labute approximate surface area is 157 Å². The lowest BCUT2D eigenvalue weighted by atomic mass is 10.1. The van der Waals surface area contributed by atoms with Crippen molar-refractivity contribution in [2.75, 3.05) is 11.9 Å². The van der Waals surface area contributed by atoms with Gasteiger partial charge in [0.15, 0.2) is 0 Å². The number of benzene rings is 1. The van der Waals surface area contributed by atoms with Crippen molar-refractivity contribution in [2.24, 2.45) is 5.92 Å². The number of rotatable bonds is 5. The minimum Gasteiger partial charge on any atom is -0.369 e. The number of anilines is 1. The van der Waals surface area contributed by atoms with Crippen LogP contribution >= 0.6 is 0 Å². The molecule has 5 heteroatoms. The largest absolute Gasteiger partial charge is 0.369 e. The summed E-state index contributed by atoms with van der Waals surface area (Å²) in [7, 11) is 0. The zero-order valence-electron chi connectivity index (χ0n) is 15.1. The maximum absolute atomic E-state index is 4.75. The molecule has 3 heterocycles. The van der Waals surface area contributed by atoms with Crippen LogP contribution < -0.4 is 5.32 Å². The van der Waals surface area contributed by atoms with E-state index in [0.29, 0.717) is 5.92 Å². The van der Waals surface area contributed by atoms with Crippen LogP contribution in [0.15, 0.2) is 49.1 Å². The summed E-state index contributed by atoms with van der Waals surface area (Å²) < 4.78 is 2.15. The van der Waals surface area contributed by atoms with Crippen LogP contribution in [0.4, 0.5) is 5.82 Å². The van der Waals surface area contributed by atoms with Crippen molar-refractivity contribution >= 4 is 22.4 Å². The number of hydrogen-bond acceptors (Lipinski definition) is 4. The molecule has 1 N–H and O–H groups in total. The molecule has 2 saturated carbocycles. The molecule has 0 saturated heterocycles. The Morgan fingerprint density at radius 3 is 2.70 bits per heavy atom. The molecule has 0 atom stereocenters. The molecule has 27 heavy (non-hydrogen) atoms. The van der Waals surface area contributed by atoms with E-state index in [4.69, 9.17) is 4.98 Å². The summed E-state index contributed by atoms with van der Waals surface area (Å²) in [5, 5.41) is 4.60. The molecule has 2 fully saturated rings. The van der Waals surface area contributed by atoms with Crippen molar-refractivity contribution in [1.29, 1.82) is 0 Å². The molecule has 5 nitrogen and oxygen atoms in total. The molecule has 2 aliphatic rings. The van der Waals surface area contributed by atoms with Crippen LogP contribution in [-0.4, -0.2) is 25.9 Å². The third-order valence-electron chi connectivity index (χ3n) is 5.69. The summed E-state index contributed by atoms with van der Waals surface area (Å²) in [6, 6.07) is 10.7. The Kier molecular flexibility index (Phi) is 3.24. The minimum atomic E-state index is 0.672. The normalized spacial score (nSPS) is 16.9. The quantitative estimate of drug-likeness (QED) is 0.566. The fraction of sp³-hybridized carbons (Fsp3) is 0.318. The summed E-state index contributed by atoms with van der Waals surface area (Å²) in [6.45, 7) is 1.00. The van der Waals surface area contributed by atoms with E-state index in [2.05, 4.69) is 62.4 Å². The number of imidazole rings is 1. The van der Waals surface area contributed by atoms with Crippen LogP contribution in [0.3, 0.4) is 0 Å². The molecular formula is C22H21N5. The van der Waals surface area contributed by atoms with Crippen molar-refractivity contribution in [1.82, 2.24) is 19.4 Å². The molecule has 0 bridgehead atoms. The van der Waals surface area contributed by atoms with Gasteiger partial charge in [-0.05, 0) is 67.0 Å². The summed E-state index contributed by atoms with van der Waals surface area (Å²) >= 11 is 0. The average Bonchev–Trinajstić information content (AvgIpc) is 3.63. The molecule has 4 aromatic rings. The van der Waals surface area contributed by atoms with Crippen molar-refractivity contribution < 1.29 is 0 Å². The molecule has 0 aliphatic heterocycles. The smallest absolute Gasteiger partial charge is 0.137 e. The zero-order chi connectivity index (χ0) is 17.8. The van der Waals surface area contributed by atoms with Crippen molar-refractivity contribution in [3.05, 3.63) is 54.7 Å². The fourth-order valence-electron chi connectivity index (χ4n) is 3.70. The average molecular weight is 355 g/mol. The van der Waals surface area contributed by atoms with Crippen LogP contribution in [0.1, 0.15) is 37.3 Å². The maximum atomic E-state index is 4.75. The van der Waals surface area contributed by atoms with E-state index in [-0.39, 0.29) is 0 Å². The number of fused-ring (bicyclic) bond motifs is 2. The molecule has 3 aromatic heterocycles. The van der Waals surface area contributed by atoms with E-state index in [1.165, 1.54) is 42.5 Å². The van der Waals surface area contributed by atoms with Gasteiger partial charge in [-0.1, -0.05) is 6.07 Å². The topological polar surface area (TPSA) is 55.1 Å². The van der Waals surface area contributed by atoms with Gasteiger partial charge in [0.05, 0.1) is 11.2 Å². The molecule has 0 spiro atoms. The van der Waals surface area contributed by atoms with Gasteiger partial charge < -0.3 is 9.72 Å². The molecule has 0 amide bonds. The predicted molar refractivity (Wildman–Crippen MR) is 107 cm³/mol. The van der Waals surface area contributed by atoms with Gasteiger partial charge >= 0.3 is 0 Å². The first kappa shape index (κ1) is 15.1. The second-order valence-electron chi connectivity index (χ2n) is 7.90. The Hall–Kier alpha value is -2.95. The van der Waals surface area contributed by atoms with E-state index in [1.807, 2.05) is 0 Å². The van der Waals surface area contributed by atoms with Crippen LogP contribution in [0, 0.1) is 5.92 Å². The van der Waals surface area contributed by atoms with Crippen molar-refractivity contribution in [3.8, 4) is 11.1 Å². The fourth-order valence-corrected chi connectivity index (χ4v) is 3.70. The summed E-state index contributed by atoms with van der Waals surface area (Å²) in [4.78, 5) is 13.7. The first-order chi connectivity index (χ1) is 13.3. The van der Waals surface area contributed by atoms with Gasteiger partial charge in [0.2, 0.25) is 0 Å². The molecule has 0 radical (unpaired) electrons. The first-order valence-corrected chi connectivity index (χ1v) is 9.81. The molecule has 6 rings (SSSR count). The minimum absolute atomic E-state index is 0.672. The van der Waals surface area contributed by atoms with Gasteiger partial charge in [0.1, 0.15) is 17.8 Å². The van der Waals surface area contributed by atoms with Gasteiger partial charge in [0.25, 0.3) is 0 Å². The Morgan fingerprint density at radius 2 is 1.85 bits per heavy atom. The highest BCUT2D eigenvalue weighted by molar-refractivity contribution is 5.92. The van der Waals surface area contributed by atoms with Gasteiger partial charge in [0, 0.05) is 30.2 Å². The van der Waals surface area contributed by atoms with Crippen LogP contribution in [-0.2, 0) is 0 Å². The van der Waals surface area contributed by atoms with Crippen molar-refractivity contribution in [2.45, 2.75) is 31.6 Å². The van der Waals surface area contributed by atoms with Gasteiger partial charge in [-0.3, -0.25) is 0 Å². The third-order valence-corrected chi connectivity index (χ3v) is 5.69. The Morgan fingerprint density at radius 1 is 0.963 bits per heavy atom. The second-order valence-corrected chi connectivity index (χ2v) is 7.90. The van der Waals surface area contributed by atoms with Gasteiger partial charge in [-0.2, -0.15) is 0 Å². The molecular weight excluding hydrogens is 334 g/mol. The molecule has 1 aromatic carbocycles. The zero-order valence-corrected chi connectivity index (χ0v) is 15.1. The number of pyridine rings is 1. The number of nitrogens with one attached hydrogen (secondary N) is 1. The highest BCUT2D eigenvalue weighted by atomic mass is 15.0. The predicted octanol–water partition coefficient (Wildman–Crippen LogP) is 4.64. The highest BCUT2D eigenvalue weighted by Gasteiger charge is 2.26. The maximum Gasteiger partial charge on any atom is 0.137 e. The Bertz CT molecular complexity index is 1150. The van der Waals surface area contributed by atoms with Gasteiger partial charge in [-0.25, -0.2) is 15.0 Å². The summed E-state index contributed by atoms with van der Waals surface area (Å²) in [6.07, 6.45) is 11.2. The summed E-state index contributed by atoms with van der Waals surface area (Å²) in [5.41, 5.74) is 5.59. The van der Waals surface area contributed by atoms with E-state index >= 15 is 0 Å². The highest BCUT2D eigenvalue weighted by Crippen LogP contribution is 2.39. The van der Waals surface area contributed by atoms with E-state index in [9.17, 15) is 0 Å². The van der Waals surface area contributed by atoms with Gasteiger partial charge in [-0.15, -0.1) is 0 Å². The number of hydrogen-bond donors (Lipinski definition) is 1. The monoisotopic (exact) mass is 355 g/mol. The Balaban J connectivity index is 1.40. The second kappa shape index (κ2) is 5.78. The molecule has 134 valence electrons.